The van der Waals surface area contributed by atoms with Gasteiger partial charge in [-0.1, -0.05) is 12.1 Å². The van der Waals surface area contributed by atoms with Gasteiger partial charge in [0.15, 0.2) is 0 Å². The number of benzene rings is 1. The normalized spacial score (nSPS) is 12.0. The van der Waals surface area contributed by atoms with Crippen molar-refractivity contribution >= 4 is 17.3 Å². The second kappa shape index (κ2) is 7.11. The van der Waals surface area contributed by atoms with Gasteiger partial charge >= 0.3 is 0 Å². The van der Waals surface area contributed by atoms with Crippen LogP contribution in [0.4, 0.5) is 11.4 Å². The van der Waals surface area contributed by atoms with E-state index in [4.69, 9.17) is 0 Å². The Kier molecular flexibility index (Phi) is 5.20. The summed E-state index contributed by atoms with van der Waals surface area (Å²) in [5.41, 5.74) is 4.11. The SMILES string of the molecule is CCn1cc(NC(C)CC(=O)Nc2cccc(C)c2C)cn1. The van der Waals surface area contributed by atoms with Crippen molar-refractivity contribution < 1.29 is 4.79 Å². The van der Waals surface area contributed by atoms with Crippen LogP contribution in [0.25, 0.3) is 0 Å². The molecule has 2 N–H and O–H groups in total. The van der Waals surface area contributed by atoms with Crippen molar-refractivity contribution in [2.24, 2.45) is 0 Å². The molecule has 1 aromatic heterocycles. The molecule has 0 spiro atoms. The van der Waals surface area contributed by atoms with E-state index in [1.54, 1.807) is 6.20 Å². The van der Waals surface area contributed by atoms with E-state index in [0.29, 0.717) is 6.42 Å². The first-order chi connectivity index (χ1) is 10.5. The molecule has 5 nitrogen and oxygen atoms in total. The fraction of sp³-hybridized carbons (Fsp3) is 0.412. The third kappa shape index (κ3) is 4.10. The number of hydrogen-bond donors (Lipinski definition) is 2. The third-order valence-corrected chi connectivity index (χ3v) is 3.74. The molecule has 0 saturated heterocycles. The van der Waals surface area contributed by atoms with Gasteiger partial charge in [-0.25, -0.2) is 0 Å². The van der Waals surface area contributed by atoms with Crippen LogP contribution in [0.5, 0.6) is 0 Å². The number of carbonyl (C=O) groups excluding carboxylic acids is 1. The first-order valence-electron chi connectivity index (χ1n) is 7.64. The van der Waals surface area contributed by atoms with E-state index in [9.17, 15) is 4.79 Å². The van der Waals surface area contributed by atoms with Gasteiger partial charge < -0.3 is 10.6 Å². The summed E-state index contributed by atoms with van der Waals surface area (Å²) >= 11 is 0. The van der Waals surface area contributed by atoms with Crippen LogP contribution < -0.4 is 10.6 Å². The molecule has 0 radical (unpaired) electrons. The van der Waals surface area contributed by atoms with Crippen LogP contribution in [0.1, 0.15) is 31.4 Å². The van der Waals surface area contributed by atoms with Gasteiger partial charge in [0.25, 0.3) is 0 Å². The van der Waals surface area contributed by atoms with Gasteiger partial charge in [0, 0.05) is 30.9 Å². The third-order valence-electron chi connectivity index (χ3n) is 3.74. The molecule has 0 aliphatic rings. The van der Waals surface area contributed by atoms with Gasteiger partial charge in [0.2, 0.25) is 5.91 Å². The Hall–Kier alpha value is -2.30. The number of carbonyl (C=O) groups is 1. The molecule has 5 heteroatoms. The molecule has 0 saturated carbocycles. The Balaban J connectivity index is 1.89. The smallest absolute Gasteiger partial charge is 0.226 e. The lowest BCUT2D eigenvalue weighted by molar-refractivity contribution is -0.116. The van der Waals surface area contributed by atoms with E-state index in [2.05, 4.69) is 15.7 Å². The zero-order valence-corrected chi connectivity index (χ0v) is 13.7. The second-order valence-electron chi connectivity index (χ2n) is 5.63. The minimum absolute atomic E-state index is 0.0107. The van der Waals surface area contributed by atoms with Crippen molar-refractivity contribution in [3.63, 3.8) is 0 Å². The van der Waals surface area contributed by atoms with Gasteiger partial charge in [-0.15, -0.1) is 0 Å². The molecule has 22 heavy (non-hydrogen) atoms. The van der Waals surface area contributed by atoms with Gasteiger partial charge in [0.1, 0.15) is 0 Å². The highest BCUT2D eigenvalue weighted by Crippen LogP contribution is 2.18. The lowest BCUT2D eigenvalue weighted by Crippen LogP contribution is -2.24. The summed E-state index contributed by atoms with van der Waals surface area (Å²) < 4.78 is 1.85. The minimum Gasteiger partial charge on any atom is -0.380 e. The molecular formula is C17H24N4O. The monoisotopic (exact) mass is 300 g/mol. The standard InChI is InChI=1S/C17H24N4O/c1-5-21-11-15(10-18-21)19-13(3)9-17(22)20-16-8-6-7-12(2)14(16)4/h6-8,10-11,13,19H,5,9H2,1-4H3,(H,20,22). The van der Waals surface area contributed by atoms with Crippen molar-refractivity contribution in [1.82, 2.24) is 9.78 Å². The van der Waals surface area contributed by atoms with Crippen LogP contribution in [0, 0.1) is 13.8 Å². The molecule has 1 aromatic carbocycles. The Labute approximate surface area is 131 Å². The maximum atomic E-state index is 12.2. The average Bonchev–Trinajstić information content (AvgIpc) is 2.91. The highest BCUT2D eigenvalue weighted by atomic mass is 16.1. The molecular weight excluding hydrogens is 276 g/mol. The van der Waals surface area contributed by atoms with E-state index < -0.39 is 0 Å². The van der Waals surface area contributed by atoms with Crippen LogP contribution >= 0.6 is 0 Å². The number of aryl methyl sites for hydroxylation is 2. The highest BCUT2D eigenvalue weighted by Gasteiger charge is 2.11. The zero-order chi connectivity index (χ0) is 16.1. The van der Waals surface area contributed by atoms with Crippen molar-refractivity contribution in [3.8, 4) is 0 Å². The van der Waals surface area contributed by atoms with E-state index in [0.717, 1.165) is 23.5 Å². The van der Waals surface area contributed by atoms with Crippen LogP contribution in [0.15, 0.2) is 30.6 Å². The van der Waals surface area contributed by atoms with E-state index in [1.165, 1.54) is 5.56 Å². The lowest BCUT2D eigenvalue weighted by atomic mass is 10.1. The average molecular weight is 300 g/mol. The quantitative estimate of drug-likeness (QED) is 0.860. The largest absolute Gasteiger partial charge is 0.380 e. The van der Waals surface area contributed by atoms with E-state index >= 15 is 0 Å². The van der Waals surface area contributed by atoms with Gasteiger partial charge in [-0.05, 0) is 44.9 Å². The molecule has 1 heterocycles. The van der Waals surface area contributed by atoms with Crippen molar-refractivity contribution in [2.45, 2.75) is 46.7 Å². The van der Waals surface area contributed by atoms with Crippen LogP contribution in [-0.4, -0.2) is 21.7 Å². The Morgan fingerprint density at radius 3 is 2.82 bits per heavy atom. The second-order valence-corrected chi connectivity index (χ2v) is 5.63. The summed E-state index contributed by atoms with van der Waals surface area (Å²) in [6.45, 7) is 8.93. The summed E-state index contributed by atoms with van der Waals surface area (Å²) in [6.07, 6.45) is 4.13. The predicted molar refractivity (Wildman–Crippen MR) is 90.1 cm³/mol. The molecule has 0 bridgehead atoms. The maximum absolute atomic E-state index is 12.2. The first kappa shape index (κ1) is 16.1. The Morgan fingerprint density at radius 1 is 1.36 bits per heavy atom. The molecule has 1 unspecified atom stereocenters. The predicted octanol–water partition coefficient (Wildman–Crippen LogP) is 3.35. The maximum Gasteiger partial charge on any atom is 0.226 e. The summed E-state index contributed by atoms with van der Waals surface area (Å²) in [7, 11) is 0. The molecule has 118 valence electrons. The number of hydrogen-bond acceptors (Lipinski definition) is 3. The molecule has 2 aromatic rings. The van der Waals surface area contributed by atoms with Gasteiger partial charge in [-0.2, -0.15) is 5.10 Å². The number of nitrogens with one attached hydrogen (secondary N) is 2. The summed E-state index contributed by atoms with van der Waals surface area (Å²) in [6, 6.07) is 5.97. The number of rotatable bonds is 6. The number of aromatic nitrogens is 2. The van der Waals surface area contributed by atoms with Gasteiger partial charge in [-0.3, -0.25) is 9.48 Å². The van der Waals surface area contributed by atoms with Crippen LogP contribution in [0.2, 0.25) is 0 Å². The highest BCUT2D eigenvalue weighted by molar-refractivity contribution is 5.92. The molecule has 0 fully saturated rings. The fourth-order valence-electron chi connectivity index (χ4n) is 2.31. The topological polar surface area (TPSA) is 59.0 Å². The molecule has 1 amide bonds. The Bertz CT molecular complexity index is 648. The van der Waals surface area contributed by atoms with E-state index in [1.807, 2.05) is 56.8 Å². The fourth-order valence-corrected chi connectivity index (χ4v) is 2.31. The summed E-state index contributed by atoms with van der Waals surface area (Å²) in [5.74, 6) is 0.0107. The van der Waals surface area contributed by atoms with Crippen molar-refractivity contribution in [1.29, 1.82) is 0 Å². The molecule has 0 aliphatic heterocycles. The number of anilines is 2. The summed E-state index contributed by atoms with van der Waals surface area (Å²) in [4.78, 5) is 12.2. The van der Waals surface area contributed by atoms with Crippen LogP contribution in [0.3, 0.4) is 0 Å². The first-order valence-corrected chi connectivity index (χ1v) is 7.64. The van der Waals surface area contributed by atoms with Gasteiger partial charge in [0.05, 0.1) is 11.9 Å². The zero-order valence-electron chi connectivity index (χ0n) is 13.7. The molecule has 1 atom stereocenters. The van der Waals surface area contributed by atoms with E-state index in [-0.39, 0.29) is 11.9 Å². The van der Waals surface area contributed by atoms with Crippen LogP contribution in [-0.2, 0) is 11.3 Å². The minimum atomic E-state index is 0.0107. The summed E-state index contributed by atoms with van der Waals surface area (Å²) in [5, 5.41) is 10.5. The number of nitrogens with zero attached hydrogens (tertiary/aromatic N) is 2. The number of amides is 1. The van der Waals surface area contributed by atoms with Crippen molar-refractivity contribution in [3.05, 3.63) is 41.7 Å². The molecule has 2 rings (SSSR count). The Morgan fingerprint density at radius 2 is 2.14 bits per heavy atom. The van der Waals surface area contributed by atoms with Crippen molar-refractivity contribution in [2.75, 3.05) is 10.6 Å². The molecule has 0 aliphatic carbocycles. The lowest BCUT2D eigenvalue weighted by Gasteiger charge is -2.15.